The van der Waals surface area contributed by atoms with Gasteiger partial charge in [0.1, 0.15) is 11.4 Å². The maximum atomic E-state index is 13.1. The van der Waals surface area contributed by atoms with Crippen LogP contribution in [0.1, 0.15) is 18.2 Å². The van der Waals surface area contributed by atoms with E-state index in [-0.39, 0.29) is 13.0 Å². The number of hydrogen-bond donors (Lipinski definition) is 1. The van der Waals surface area contributed by atoms with Crippen LogP contribution >= 0.6 is 11.6 Å². The van der Waals surface area contributed by atoms with Crippen molar-refractivity contribution in [3.8, 4) is 28.3 Å². The second kappa shape index (κ2) is 11.1. The molecule has 2 aromatic carbocycles. The Kier molecular flexibility index (Phi) is 7.74. The molecule has 0 saturated heterocycles. The lowest BCUT2D eigenvalue weighted by Gasteiger charge is -2.23. The molecule has 0 radical (unpaired) electrons. The first kappa shape index (κ1) is 25.7. The largest absolute Gasteiger partial charge is 0.481 e. The van der Waals surface area contributed by atoms with E-state index in [2.05, 4.69) is 10.1 Å². The van der Waals surface area contributed by atoms with Gasteiger partial charge in [0.05, 0.1) is 30.8 Å². The molecular formula is C27H24ClN3O6. The number of nitrogens with zero attached hydrogens (tertiary/aromatic N) is 3. The highest BCUT2D eigenvalue weighted by Gasteiger charge is 2.30. The Bertz CT molecular complexity index is 1450. The number of para-hydroxylation sites is 1. The summed E-state index contributed by atoms with van der Waals surface area (Å²) in [7, 11) is 1.49. The fourth-order valence-electron chi connectivity index (χ4n) is 3.91. The van der Waals surface area contributed by atoms with E-state index in [1.54, 1.807) is 50.2 Å². The monoisotopic (exact) mass is 521 g/mol. The van der Waals surface area contributed by atoms with Gasteiger partial charge in [-0.25, -0.2) is 14.7 Å². The number of rotatable bonds is 8. The maximum Gasteiger partial charge on any atom is 0.419 e. The topological polar surface area (TPSA) is 115 Å². The molecule has 4 rings (SSSR count). The number of aliphatic carboxylic acids is 1. The molecule has 1 amide bonds. The molecule has 10 heteroatoms. The molecule has 4 aromatic rings. The van der Waals surface area contributed by atoms with Crippen molar-refractivity contribution >= 4 is 35.0 Å². The number of halogens is 1. The van der Waals surface area contributed by atoms with Crippen molar-refractivity contribution in [2.45, 2.75) is 20.3 Å². The molecule has 37 heavy (non-hydrogen) atoms. The Morgan fingerprint density at radius 3 is 2.57 bits per heavy atom. The fourth-order valence-corrected chi connectivity index (χ4v) is 4.13. The second-order valence-corrected chi connectivity index (χ2v) is 8.39. The summed E-state index contributed by atoms with van der Waals surface area (Å²) in [5, 5.41) is 13.7. The molecule has 0 atom stereocenters. The van der Waals surface area contributed by atoms with Gasteiger partial charge in [-0.05, 0) is 49.2 Å². The zero-order chi connectivity index (χ0) is 26.5. The predicted octanol–water partition coefficient (Wildman–Crippen LogP) is 6.30. The van der Waals surface area contributed by atoms with Crippen molar-refractivity contribution in [3.05, 3.63) is 77.1 Å². The van der Waals surface area contributed by atoms with Crippen LogP contribution in [0.4, 0.5) is 16.2 Å². The van der Waals surface area contributed by atoms with Crippen LogP contribution in [0.2, 0.25) is 5.02 Å². The number of methoxy groups -OCH3 is 1. The van der Waals surface area contributed by atoms with Gasteiger partial charge in [-0.2, -0.15) is 0 Å². The van der Waals surface area contributed by atoms with Crippen LogP contribution in [-0.2, 0) is 16.0 Å². The molecule has 1 N–H and O–H groups in total. The molecule has 2 aromatic heterocycles. The summed E-state index contributed by atoms with van der Waals surface area (Å²) in [6.07, 6.45) is 0.659. The van der Waals surface area contributed by atoms with E-state index < -0.39 is 12.1 Å². The third-order valence-electron chi connectivity index (χ3n) is 5.49. The smallest absolute Gasteiger partial charge is 0.419 e. The van der Waals surface area contributed by atoms with E-state index in [0.717, 1.165) is 0 Å². The summed E-state index contributed by atoms with van der Waals surface area (Å²) in [4.78, 5) is 30.0. The zero-order valence-corrected chi connectivity index (χ0v) is 21.2. The van der Waals surface area contributed by atoms with Gasteiger partial charge < -0.3 is 19.1 Å². The van der Waals surface area contributed by atoms with Crippen LogP contribution in [0.5, 0.6) is 5.88 Å². The van der Waals surface area contributed by atoms with E-state index in [4.69, 9.17) is 25.6 Å². The molecule has 0 spiro atoms. The summed E-state index contributed by atoms with van der Waals surface area (Å²) in [5.74, 6) is -0.308. The molecule has 0 unspecified atom stereocenters. The molecule has 0 aliphatic heterocycles. The van der Waals surface area contributed by atoms with Crippen molar-refractivity contribution in [1.82, 2.24) is 10.1 Å². The first-order valence-electron chi connectivity index (χ1n) is 11.4. The first-order chi connectivity index (χ1) is 17.8. The van der Waals surface area contributed by atoms with Gasteiger partial charge >= 0.3 is 12.1 Å². The molecule has 2 heterocycles. The molecule has 0 fully saturated rings. The number of carboxylic acid groups (broad SMARTS) is 1. The number of carbonyl (C=O) groups is 2. The van der Waals surface area contributed by atoms with Crippen LogP contribution in [0.3, 0.4) is 0 Å². The van der Waals surface area contributed by atoms with Crippen molar-refractivity contribution in [3.63, 3.8) is 0 Å². The Balaban J connectivity index is 1.86. The Labute approximate surface area is 218 Å². The Hall–Kier alpha value is -4.37. The van der Waals surface area contributed by atoms with Crippen LogP contribution in [-0.4, -0.2) is 41.0 Å². The van der Waals surface area contributed by atoms with Gasteiger partial charge in [-0.3, -0.25) is 4.79 Å². The number of carbonyl (C=O) groups excluding carboxylic acids is 1. The van der Waals surface area contributed by atoms with E-state index >= 15 is 0 Å². The molecular weight excluding hydrogens is 498 g/mol. The number of benzene rings is 2. The van der Waals surface area contributed by atoms with Gasteiger partial charge in [0.2, 0.25) is 5.88 Å². The fraction of sp³-hybridized carbons (Fsp3) is 0.185. The van der Waals surface area contributed by atoms with E-state index in [0.29, 0.717) is 56.0 Å². The minimum absolute atomic E-state index is 0.161. The number of amides is 1. The average molecular weight is 522 g/mol. The van der Waals surface area contributed by atoms with E-state index in [1.807, 2.05) is 18.2 Å². The minimum Gasteiger partial charge on any atom is -0.481 e. The standard InChI is InChI=1S/C27H24ClN3O6/c1-4-36-27(34)31(22-11-6-5-10-21(22)28)24-16(2)30-37-25(24)19-9-7-8-18(14-19)20-12-17(13-23(32)33)15-29-26(20)35-3/h5-12,14-15H,4,13H2,1-3H3,(H,32,33). The number of aromatic nitrogens is 2. The van der Waals surface area contributed by atoms with Crippen molar-refractivity contribution in [2.24, 2.45) is 0 Å². The lowest BCUT2D eigenvalue weighted by atomic mass is 10.00. The maximum absolute atomic E-state index is 13.1. The number of anilines is 2. The van der Waals surface area contributed by atoms with Gasteiger partial charge in [0, 0.05) is 17.3 Å². The van der Waals surface area contributed by atoms with Gasteiger partial charge in [0.25, 0.3) is 0 Å². The van der Waals surface area contributed by atoms with Crippen LogP contribution in [0.15, 0.2) is 65.3 Å². The molecule has 190 valence electrons. The summed E-state index contributed by atoms with van der Waals surface area (Å²) in [6.45, 7) is 3.60. The molecule has 0 saturated carbocycles. The van der Waals surface area contributed by atoms with Crippen LogP contribution in [0.25, 0.3) is 22.5 Å². The Morgan fingerprint density at radius 2 is 1.86 bits per heavy atom. The highest BCUT2D eigenvalue weighted by Crippen LogP contribution is 2.42. The average Bonchev–Trinajstić information content (AvgIpc) is 3.26. The highest BCUT2D eigenvalue weighted by molar-refractivity contribution is 6.34. The van der Waals surface area contributed by atoms with Gasteiger partial charge in [-0.15, -0.1) is 0 Å². The summed E-state index contributed by atoms with van der Waals surface area (Å²) in [6, 6.07) is 15.9. The molecule has 9 nitrogen and oxygen atoms in total. The zero-order valence-electron chi connectivity index (χ0n) is 20.4. The second-order valence-electron chi connectivity index (χ2n) is 7.98. The van der Waals surface area contributed by atoms with Crippen molar-refractivity contribution < 1.29 is 28.7 Å². The van der Waals surface area contributed by atoms with Gasteiger partial charge in [-0.1, -0.05) is 47.1 Å². The Morgan fingerprint density at radius 1 is 1.11 bits per heavy atom. The third-order valence-corrected chi connectivity index (χ3v) is 5.81. The number of pyridine rings is 1. The quantitative estimate of drug-likeness (QED) is 0.287. The summed E-state index contributed by atoms with van der Waals surface area (Å²) in [5.41, 5.74) is 3.70. The molecule has 0 bridgehead atoms. The first-order valence-corrected chi connectivity index (χ1v) is 11.7. The lowest BCUT2D eigenvalue weighted by molar-refractivity contribution is -0.136. The van der Waals surface area contributed by atoms with Crippen molar-refractivity contribution in [1.29, 1.82) is 0 Å². The number of carboxylic acids is 1. The summed E-state index contributed by atoms with van der Waals surface area (Å²) < 4.78 is 16.5. The number of ether oxygens (including phenoxy) is 2. The van der Waals surface area contributed by atoms with Gasteiger partial charge in [0.15, 0.2) is 5.76 Å². The van der Waals surface area contributed by atoms with Crippen molar-refractivity contribution in [2.75, 3.05) is 18.6 Å². The molecule has 0 aliphatic rings. The van der Waals surface area contributed by atoms with Crippen LogP contribution in [0, 0.1) is 6.92 Å². The summed E-state index contributed by atoms with van der Waals surface area (Å²) >= 11 is 6.46. The van der Waals surface area contributed by atoms with Crippen LogP contribution < -0.4 is 9.64 Å². The molecule has 0 aliphatic carbocycles. The SMILES string of the molecule is CCOC(=O)N(c1ccccc1Cl)c1c(C)noc1-c1cccc(-c2cc(CC(=O)O)cnc2OC)c1. The third kappa shape index (κ3) is 5.41. The minimum atomic E-state index is -0.966. The number of hydrogen-bond acceptors (Lipinski definition) is 7. The number of aryl methyl sites for hydroxylation is 1. The van der Waals surface area contributed by atoms with E-state index in [9.17, 15) is 14.7 Å². The normalized spacial score (nSPS) is 10.7. The lowest BCUT2D eigenvalue weighted by Crippen LogP contribution is -2.27. The van der Waals surface area contributed by atoms with E-state index in [1.165, 1.54) is 18.2 Å². The highest BCUT2D eigenvalue weighted by atomic mass is 35.5. The predicted molar refractivity (Wildman–Crippen MR) is 138 cm³/mol.